The number of carbonyl (C=O) groups excluding carboxylic acids is 2. The van der Waals surface area contributed by atoms with Gasteiger partial charge in [0.1, 0.15) is 42.3 Å². The predicted octanol–water partition coefficient (Wildman–Crippen LogP) is 5.33. The van der Waals surface area contributed by atoms with Crippen LogP contribution < -0.4 is 5.32 Å². The molecule has 3 aliphatic rings. The molecule has 16 heteroatoms. The summed E-state index contributed by atoms with van der Waals surface area (Å²) in [5.41, 5.74) is -3.34. The Morgan fingerprint density at radius 1 is 1.08 bits per heavy atom. The third kappa shape index (κ3) is 8.90. The number of hydrogen-bond donors (Lipinski definition) is 1. The summed E-state index contributed by atoms with van der Waals surface area (Å²) in [7, 11) is -2.18. The van der Waals surface area contributed by atoms with Gasteiger partial charge in [-0.05, 0) is 65.7 Å². The molecule has 49 heavy (non-hydrogen) atoms. The van der Waals surface area contributed by atoms with Crippen molar-refractivity contribution in [3.63, 3.8) is 0 Å². The minimum absolute atomic E-state index is 0.00852. The third-order valence-corrected chi connectivity index (χ3v) is 13.1. The number of ether oxygens (including phenoxy) is 4. The molecule has 1 amide bonds. The van der Waals surface area contributed by atoms with E-state index in [1.807, 2.05) is 0 Å². The number of aliphatic imine (C=N–C) groups is 3. The number of rotatable bonds is 10. The van der Waals surface area contributed by atoms with Gasteiger partial charge in [0, 0.05) is 12.5 Å². The van der Waals surface area contributed by atoms with Crippen LogP contribution in [0.15, 0.2) is 39.2 Å². The number of amides is 1. The molecule has 1 unspecified atom stereocenters. The van der Waals surface area contributed by atoms with Gasteiger partial charge in [-0.1, -0.05) is 32.9 Å². The fourth-order valence-corrected chi connectivity index (χ4v) is 6.13. The van der Waals surface area contributed by atoms with E-state index in [2.05, 4.69) is 54.2 Å². The monoisotopic (exact) mass is 702 g/mol. The maximum absolute atomic E-state index is 13.8. The standard InChI is InChI=1S/C33H50N6O9Si/c1-30(2,3)47-28(40)33(37-29(41)48-31(4,5)6)26-27(34-19-36-33)38(20-35-26)25-16-23(24(46-25)18-45-49(10,11)32(7,8)9)44-17-21-14-12-13-15-22(21)39(42)43/h12-15,19,23-25H,16-18,20H2,1-11H3,(H,37,41)/t23-,24+,25+,33?/m0/s1. The van der Waals surface area contributed by atoms with Crippen LogP contribution in [0.4, 0.5) is 10.5 Å². The van der Waals surface area contributed by atoms with Gasteiger partial charge in [0.15, 0.2) is 14.2 Å². The number of benzene rings is 1. The Labute approximate surface area is 288 Å². The van der Waals surface area contributed by atoms with Crippen LogP contribution in [0.1, 0.15) is 74.3 Å². The van der Waals surface area contributed by atoms with Crippen molar-refractivity contribution in [3.8, 4) is 0 Å². The van der Waals surface area contributed by atoms with E-state index in [4.69, 9.17) is 23.4 Å². The van der Waals surface area contributed by atoms with Crippen molar-refractivity contribution in [1.29, 1.82) is 0 Å². The molecule has 4 rings (SSSR count). The number of hydrogen-bond acceptors (Lipinski definition) is 13. The Hall–Kier alpha value is -3.73. The maximum Gasteiger partial charge on any atom is 0.410 e. The van der Waals surface area contributed by atoms with E-state index in [0.29, 0.717) is 12.0 Å². The normalized spacial score (nSPS) is 24.2. The Bertz CT molecular complexity index is 1530. The molecular formula is C33H50N6O9Si. The number of carbonyl (C=O) groups is 2. The molecule has 0 bridgehead atoms. The van der Waals surface area contributed by atoms with Gasteiger partial charge in [0.2, 0.25) is 0 Å². The summed E-state index contributed by atoms with van der Waals surface area (Å²) < 4.78 is 30.6. The second-order valence-corrected chi connectivity index (χ2v) is 20.6. The highest BCUT2D eigenvalue weighted by atomic mass is 28.4. The number of nitrogens with zero attached hydrogens (tertiary/aromatic N) is 5. The highest BCUT2D eigenvalue weighted by molar-refractivity contribution is 6.74. The Morgan fingerprint density at radius 3 is 2.35 bits per heavy atom. The lowest BCUT2D eigenvalue weighted by Crippen LogP contribution is -2.64. The minimum Gasteiger partial charge on any atom is -0.456 e. The van der Waals surface area contributed by atoms with Crippen molar-refractivity contribution in [2.45, 2.75) is 129 Å². The molecule has 1 aromatic rings. The van der Waals surface area contributed by atoms with Crippen molar-refractivity contribution >= 4 is 44.0 Å². The van der Waals surface area contributed by atoms with Crippen molar-refractivity contribution in [2.24, 2.45) is 15.0 Å². The first kappa shape index (κ1) is 38.1. The quantitative estimate of drug-likeness (QED) is 0.145. The van der Waals surface area contributed by atoms with E-state index in [1.54, 1.807) is 64.6 Å². The molecule has 0 radical (unpaired) electrons. The Kier molecular flexibility index (Phi) is 10.8. The van der Waals surface area contributed by atoms with Gasteiger partial charge >= 0.3 is 12.1 Å². The maximum atomic E-state index is 13.8. The molecule has 1 N–H and O–H groups in total. The van der Waals surface area contributed by atoms with Crippen molar-refractivity contribution in [3.05, 3.63) is 39.9 Å². The molecule has 0 aliphatic carbocycles. The highest BCUT2D eigenvalue weighted by Gasteiger charge is 2.56. The number of fused-ring (bicyclic) bond motifs is 1. The van der Waals surface area contributed by atoms with Gasteiger partial charge in [-0.3, -0.25) is 20.4 Å². The van der Waals surface area contributed by atoms with Crippen LogP contribution in [0, 0.1) is 10.1 Å². The molecule has 1 saturated heterocycles. The third-order valence-electron chi connectivity index (χ3n) is 8.60. The molecule has 0 saturated carbocycles. The Balaban J connectivity index is 1.61. The number of para-hydroxylation sites is 1. The zero-order chi connectivity index (χ0) is 36.6. The fraction of sp³-hybridized carbons (Fsp3) is 0.667. The number of nitro groups is 1. The zero-order valence-corrected chi connectivity index (χ0v) is 31.4. The van der Waals surface area contributed by atoms with Crippen LogP contribution in [-0.4, -0.2) is 96.7 Å². The van der Waals surface area contributed by atoms with E-state index in [9.17, 15) is 19.7 Å². The van der Waals surface area contributed by atoms with Crippen LogP contribution in [0.3, 0.4) is 0 Å². The van der Waals surface area contributed by atoms with Crippen molar-refractivity contribution < 1.29 is 37.9 Å². The van der Waals surface area contributed by atoms with E-state index in [1.165, 1.54) is 12.4 Å². The van der Waals surface area contributed by atoms with Gasteiger partial charge in [-0.2, -0.15) is 0 Å². The van der Waals surface area contributed by atoms with Crippen LogP contribution in [0.2, 0.25) is 18.1 Å². The second-order valence-electron chi connectivity index (χ2n) is 15.8. The highest BCUT2D eigenvalue weighted by Crippen LogP contribution is 2.38. The topological polar surface area (TPSA) is 176 Å². The first-order chi connectivity index (χ1) is 22.5. The summed E-state index contributed by atoms with van der Waals surface area (Å²) in [5.74, 6) is -0.584. The van der Waals surface area contributed by atoms with Crippen molar-refractivity contribution in [2.75, 3.05) is 13.3 Å². The van der Waals surface area contributed by atoms with E-state index in [0.717, 1.165) is 0 Å². The van der Waals surface area contributed by atoms with Crippen molar-refractivity contribution in [1.82, 2.24) is 10.2 Å². The summed E-state index contributed by atoms with van der Waals surface area (Å²) in [5, 5.41) is 14.2. The average Bonchev–Trinajstić information content (AvgIpc) is 3.57. The smallest absolute Gasteiger partial charge is 0.410 e. The van der Waals surface area contributed by atoms with E-state index in [-0.39, 0.29) is 42.2 Å². The summed E-state index contributed by atoms with van der Waals surface area (Å²) in [6.07, 6.45) is -1.03. The molecular weight excluding hydrogens is 652 g/mol. The number of nitro benzene ring substituents is 1. The average molecular weight is 703 g/mol. The number of esters is 1. The second kappa shape index (κ2) is 13.9. The number of amidine groups is 1. The first-order valence-corrected chi connectivity index (χ1v) is 19.3. The fourth-order valence-electron chi connectivity index (χ4n) is 5.12. The zero-order valence-electron chi connectivity index (χ0n) is 30.4. The van der Waals surface area contributed by atoms with Crippen LogP contribution in [-0.2, 0) is 34.8 Å². The summed E-state index contributed by atoms with van der Waals surface area (Å²) in [6.45, 7) is 21.2. The van der Waals surface area contributed by atoms with Gasteiger partial charge < -0.3 is 28.3 Å². The number of alkyl carbamates (subject to hydrolysis) is 1. The van der Waals surface area contributed by atoms with Crippen LogP contribution >= 0.6 is 0 Å². The summed E-state index contributed by atoms with van der Waals surface area (Å²) >= 11 is 0. The van der Waals surface area contributed by atoms with Crippen LogP contribution in [0.25, 0.3) is 0 Å². The molecule has 4 atom stereocenters. The van der Waals surface area contributed by atoms with E-state index < -0.39 is 60.6 Å². The minimum atomic E-state index is -2.18. The molecule has 0 aromatic heterocycles. The van der Waals surface area contributed by atoms with Crippen LogP contribution in [0.5, 0.6) is 0 Å². The molecule has 3 aliphatic heterocycles. The lowest BCUT2D eigenvalue weighted by Gasteiger charge is -2.37. The van der Waals surface area contributed by atoms with Gasteiger partial charge in [0.05, 0.1) is 29.8 Å². The van der Waals surface area contributed by atoms with Gasteiger partial charge in [-0.25, -0.2) is 19.6 Å². The predicted molar refractivity (Wildman–Crippen MR) is 186 cm³/mol. The largest absolute Gasteiger partial charge is 0.456 e. The molecule has 0 spiro atoms. The molecule has 1 aromatic carbocycles. The first-order valence-electron chi connectivity index (χ1n) is 16.3. The van der Waals surface area contributed by atoms with Gasteiger partial charge in [-0.15, -0.1) is 0 Å². The summed E-state index contributed by atoms with van der Waals surface area (Å²) in [4.78, 5) is 53.3. The number of nitrogens with one attached hydrogen (secondary N) is 1. The molecule has 15 nitrogen and oxygen atoms in total. The molecule has 3 heterocycles. The van der Waals surface area contributed by atoms with E-state index >= 15 is 0 Å². The lowest BCUT2D eigenvalue weighted by molar-refractivity contribution is -0.386. The summed E-state index contributed by atoms with van der Waals surface area (Å²) in [6, 6.07) is 6.45. The lowest BCUT2D eigenvalue weighted by atomic mass is 10.0. The molecule has 270 valence electrons. The van der Waals surface area contributed by atoms with Gasteiger partial charge in [0.25, 0.3) is 11.4 Å². The Morgan fingerprint density at radius 2 is 1.73 bits per heavy atom. The molecule has 1 fully saturated rings. The SMILES string of the molecule is CC(C)(C)OC(=O)NC1(C(=O)OC(C)(C)C)N=CN=C2C1=NCN2[C@H]1C[C@H](OCc2ccccc2[N+](=O)[O-])[C@@H](CO[Si](C)(C)C(C)(C)C)O1.